The Morgan fingerprint density at radius 3 is 2.21 bits per heavy atom. The van der Waals surface area contributed by atoms with Gasteiger partial charge in [0.25, 0.3) is 0 Å². The van der Waals surface area contributed by atoms with Gasteiger partial charge in [-0.2, -0.15) is 0 Å². The number of piperazine rings is 1. The van der Waals surface area contributed by atoms with Crippen molar-refractivity contribution in [3.05, 3.63) is 54.1 Å². The first-order valence-corrected chi connectivity index (χ1v) is 17.1. The predicted molar refractivity (Wildman–Crippen MR) is 164 cm³/mol. The van der Waals surface area contributed by atoms with Crippen LogP contribution >= 0.6 is 0 Å². The minimum Gasteiger partial charge on any atom is -0.457 e. The van der Waals surface area contributed by atoms with Crippen LogP contribution in [0, 0.1) is 5.92 Å². The quantitative estimate of drug-likeness (QED) is 0.416. The lowest BCUT2D eigenvalue weighted by molar-refractivity contribution is -0.166. The lowest BCUT2D eigenvalue weighted by Gasteiger charge is -2.52. The fourth-order valence-corrected chi connectivity index (χ4v) is 7.31. The highest BCUT2D eigenvalue weighted by Crippen LogP contribution is 2.36. The molecule has 2 aliphatic heterocycles. The molecule has 2 aromatic carbocycles. The second-order valence-electron chi connectivity index (χ2n) is 12.2. The molecule has 3 fully saturated rings. The summed E-state index contributed by atoms with van der Waals surface area (Å²) in [7, 11) is -1.02. The van der Waals surface area contributed by atoms with E-state index in [-0.39, 0.29) is 17.7 Å². The molecular weight excluding hydrogens is 550 g/mol. The average Bonchev–Trinajstić information content (AvgIpc) is 3.01. The number of amides is 2. The molecule has 1 unspecified atom stereocenters. The Labute approximate surface area is 252 Å². The number of nitrogens with zero attached hydrogens (tertiary/aromatic N) is 2. The molecule has 2 saturated heterocycles. The Bertz CT molecular complexity index is 1240. The third-order valence-corrected chi connectivity index (χ3v) is 10.3. The summed E-state index contributed by atoms with van der Waals surface area (Å²) < 4.78 is 17.6. The van der Waals surface area contributed by atoms with Crippen LogP contribution in [0.5, 0.6) is 11.5 Å². The highest BCUT2D eigenvalue weighted by Gasteiger charge is 2.55. The molecule has 2 heterocycles. The summed E-state index contributed by atoms with van der Waals surface area (Å²) in [4.78, 5) is 32.5. The van der Waals surface area contributed by atoms with Gasteiger partial charge in [-0.15, -0.1) is 0 Å². The summed E-state index contributed by atoms with van der Waals surface area (Å²) in [6.45, 7) is 4.82. The van der Waals surface area contributed by atoms with Crippen molar-refractivity contribution in [2.24, 2.45) is 5.92 Å². The number of carbonyl (C=O) groups is 2. The largest absolute Gasteiger partial charge is 0.457 e. The molecule has 0 aromatic heterocycles. The number of aliphatic hydroxyl groups is 1. The van der Waals surface area contributed by atoms with Crippen molar-refractivity contribution in [1.29, 1.82) is 0 Å². The van der Waals surface area contributed by atoms with Gasteiger partial charge in [0.2, 0.25) is 11.8 Å². The number of nitrogens with one attached hydrogen (secondary N) is 1. The first-order chi connectivity index (χ1) is 20.3. The zero-order valence-electron chi connectivity index (χ0n) is 24.9. The Morgan fingerprint density at radius 1 is 1.00 bits per heavy atom. The van der Waals surface area contributed by atoms with E-state index in [0.29, 0.717) is 38.2 Å². The van der Waals surface area contributed by atoms with Gasteiger partial charge in [0.15, 0.2) is 0 Å². The maximum Gasteiger partial charge on any atom is 0.248 e. The molecule has 0 bridgehead atoms. The maximum atomic E-state index is 13.8. The summed E-state index contributed by atoms with van der Waals surface area (Å²) in [5.41, 5.74) is 0.307. The first-order valence-electron chi connectivity index (χ1n) is 15.5. The van der Waals surface area contributed by atoms with E-state index in [9.17, 15) is 18.9 Å². The fourth-order valence-electron chi connectivity index (χ4n) is 6.79. The molecule has 228 valence electrons. The fraction of sp³-hybridized carbons (Fsp3) is 0.576. The minimum absolute atomic E-state index is 0.0715. The SMILES string of the molecule is CCCCN1C(=O)[C@@H]([C@H](O)C2CCCCC2)NC(=O)C12CCN(Cc1ccc(Oc3ccc(S(C)=O)cc3)cc1)CC2. The van der Waals surface area contributed by atoms with E-state index in [1.54, 1.807) is 6.26 Å². The van der Waals surface area contributed by atoms with Crippen LogP contribution in [0.1, 0.15) is 70.3 Å². The number of hydrogen-bond acceptors (Lipinski definition) is 6. The molecule has 2 amide bonds. The van der Waals surface area contributed by atoms with Crippen LogP contribution in [0.4, 0.5) is 0 Å². The maximum absolute atomic E-state index is 13.8. The number of carbonyl (C=O) groups excluding carboxylic acids is 2. The van der Waals surface area contributed by atoms with E-state index in [0.717, 1.165) is 61.3 Å². The van der Waals surface area contributed by atoms with Gasteiger partial charge in [-0.25, -0.2) is 0 Å². The van der Waals surface area contributed by atoms with Crippen molar-refractivity contribution in [1.82, 2.24) is 15.1 Å². The van der Waals surface area contributed by atoms with Crippen molar-refractivity contribution >= 4 is 22.6 Å². The van der Waals surface area contributed by atoms with Crippen molar-refractivity contribution in [2.75, 3.05) is 25.9 Å². The molecule has 3 aliphatic rings. The van der Waals surface area contributed by atoms with E-state index >= 15 is 0 Å². The van der Waals surface area contributed by atoms with Gasteiger partial charge < -0.3 is 20.1 Å². The Morgan fingerprint density at radius 2 is 1.62 bits per heavy atom. The lowest BCUT2D eigenvalue weighted by atomic mass is 9.78. The molecule has 1 spiro atoms. The normalized spacial score (nSPS) is 23.0. The number of piperidine rings is 1. The lowest BCUT2D eigenvalue weighted by Crippen LogP contribution is -2.75. The van der Waals surface area contributed by atoms with E-state index in [4.69, 9.17) is 4.74 Å². The summed E-state index contributed by atoms with van der Waals surface area (Å²) >= 11 is 0. The van der Waals surface area contributed by atoms with Crippen molar-refractivity contribution < 1.29 is 23.6 Å². The van der Waals surface area contributed by atoms with Crippen LogP contribution in [-0.2, 0) is 26.9 Å². The van der Waals surface area contributed by atoms with E-state index in [1.165, 1.54) is 6.42 Å². The molecule has 0 radical (unpaired) electrons. The number of ether oxygens (including phenoxy) is 1. The van der Waals surface area contributed by atoms with Gasteiger partial charge in [-0.3, -0.25) is 18.7 Å². The molecule has 1 saturated carbocycles. The van der Waals surface area contributed by atoms with Crippen LogP contribution in [-0.4, -0.2) is 74.5 Å². The topological polar surface area (TPSA) is 99.2 Å². The monoisotopic (exact) mass is 595 g/mol. The molecule has 1 aliphatic carbocycles. The van der Waals surface area contributed by atoms with Gasteiger partial charge in [0.05, 0.1) is 6.10 Å². The van der Waals surface area contributed by atoms with Crippen molar-refractivity contribution in [3.8, 4) is 11.5 Å². The molecule has 5 rings (SSSR count). The molecule has 2 N–H and O–H groups in total. The Kier molecular flexibility index (Phi) is 10.0. The van der Waals surface area contributed by atoms with Crippen LogP contribution in [0.15, 0.2) is 53.4 Å². The van der Waals surface area contributed by atoms with Gasteiger partial charge in [-0.05, 0) is 80.0 Å². The Balaban J connectivity index is 1.20. The van der Waals surface area contributed by atoms with Crippen LogP contribution in [0.2, 0.25) is 0 Å². The van der Waals surface area contributed by atoms with Crippen LogP contribution in [0.25, 0.3) is 0 Å². The molecule has 9 heteroatoms. The standard InChI is InChI=1S/C33H45N3O5S/c1-3-4-20-36-31(38)29(30(37)25-8-6-5-7-9-25)34-32(39)33(36)18-21-35(22-19-33)23-24-10-12-26(13-11-24)41-27-14-16-28(17-15-27)42(2)40/h10-17,25,29-30,37H,3-9,18-23H2,1-2H3,(H,34,39)/t29-,30-,42?/m1/s1. The number of aliphatic hydroxyl groups excluding tert-OH is 1. The van der Waals surface area contributed by atoms with Crippen molar-refractivity contribution in [2.45, 2.75) is 93.8 Å². The zero-order valence-corrected chi connectivity index (χ0v) is 25.7. The van der Waals surface area contributed by atoms with E-state index < -0.39 is 28.5 Å². The van der Waals surface area contributed by atoms with Gasteiger partial charge >= 0.3 is 0 Å². The Hall–Kier alpha value is -2.75. The molecule has 3 atom stereocenters. The van der Waals surface area contributed by atoms with Gasteiger partial charge in [-0.1, -0.05) is 44.7 Å². The second kappa shape index (κ2) is 13.7. The van der Waals surface area contributed by atoms with E-state index in [1.807, 2.05) is 41.3 Å². The zero-order chi connectivity index (χ0) is 29.7. The third-order valence-electron chi connectivity index (χ3n) is 9.37. The molecule has 8 nitrogen and oxygen atoms in total. The molecule has 2 aromatic rings. The molecule has 42 heavy (non-hydrogen) atoms. The molecular formula is C33H45N3O5S. The smallest absolute Gasteiger partial charge is 0.248 e. The number of likely N-dealkylation sites (tertiary alicyclic amines) is 1. The van der Waals surface area contributed by atoms with Crippen LogP contribution in [0.3, 0.4) is 0 Å². The number of unbranched alkanes of at least 4 members (excludes halogenated alkanes) is 1. The van der Waals surface area contributed by atoms with E-state index in [2.05, 4.69) is 29.3 Å². The number of benzene rings is 2. The van der Waals surface area contributed by atoms with Crippen molar-refractivity contribution in [3.63, 3.8) is 0 Å². The second-order valence-corrected chi connectivity index (χ2v) is 13.5. The third kappa shape index (κ3) is 6.74. The summed E-state index contributed by atoms with van der Waals surface area (Å²) in [6.07, 6.45) is 8.93. The summed E-state index contributed by atoms with van der Waals surface area (Å²) in [6, 6.07) is 14.4. The van der Waals surface area contributed by atoms with Gasteiger partial charge in [0.1, 0.15) is 23.1 Å². The van der Waals surface area contributed by atoms with Crippen LogP contribution < -0.4 is 10.1 Å². The number of hydrogen-bond donors (Lipinski definition) is 2. The highest BCUT2D eigenvalue weighted by molar-refractivity contribution is 7.84. The minimum atomic E-state index is -1.02. The first kappa shape index (κ1) is 30.7. The summed E-state index contributed by atoms with van der Waals surface area (Å²) in [5, 5.41) is 14.2. The van der Waals surface area contributed by atoms with Gasteiger partial charge in [0, 0.05) is 48.1 Å². The summed E-state index contributed by atoms with van der Waals surface area (Å²) in [5.74, 6) is 1.29. The highest BCUT2D eigenvalue weighted by atomic mass is 32.2. The predicted octanol–water partition coefficient (Wildman–Crippen LogP) is 4.62. The number of rotatable bonds is 10. The average molecular weight is 596 g/mol.